The van der Waals surface area contributed by atoms with Gasteiger partial charge < -0.3 is 9.88 Å². The van der Waals surface area contributed by atoms with Crippen molar-refractivity contribution >= 4 is 29.5 Å². The number of thiophene rings is 1. The predicted octanol–water partition coefficient (Wildman–Crippen LogP) is 3.05. The first kappa shape index (κ1) is 15.9. The zero-order chi connectivity index (χ0) is 15.4. The average molecular weight is 324 g/mol. The molecule has 0 spiro atoms. The Balaban J connectivity index is 1.91. The minimum atomic E-state index is -0.119. The number of nitrogens with one attached hydrogen (secondary N) is 2. The van der Waals surface area contributed by atoms with Crippen LogP contribution in [0.3, 0.4) is 0 Å². The van der Waals surface area contributed by atoms with Crippen molar-refractivity contribution in [2.45, 2.75) is 39.2 Å². The standard InChI is InChI=1S/C14H20N4OS2/c1-9(2)12-16-17-14(20)18(12)7-6-15-13(19)10(3)11-5-4-8-21-11/h4-5,8-10H,6-7H2,1-3H3,(H,15,19)(H,17,20). The van der Waals surface area contributed by atoms with Crippen LogP contribution < -0.4 is 5.32 Å². The van der Waals surface area contributed by atoms with Crippen molar-refractivity contribution in [3.05, 3.63) is 33.0 Å². The Labute approximate surface area is 133 Å². The summed E-state index contributed by atoms with van der Waals surface area (Å²) >= 11 is 6.82. The highest BCUT2D eigenvalue weighted by Gasteiger charge is 2.16. The molecule has 0 bridgehead atoms. The van der Waals surface area contributed by atoms with Crippen molar-refractivity contribution in [2.75, 3.05) is 6.54 Å². The maximum Gasteiger partial charge on any atom is 0.228 e. The van der Waals surface area contributed by atoms with E-state index in [1.165, 1.54) is 0 Å². The van der Waals surface area contributed by atoms with Crippen LogP contribution >= 0.6 is 23.6 Å². The molecule has 0 saturated carbocycles. The van der Waals surface area contributed by atoms with E-state index < -0.39 is 0 Å². The van der Waals surface area contributed by atoms with E-state index in [0.717, 1.165) is 10.7 Å². The van der Waals surface area contributed by atoms with Gasteiger partial charge in [-0.2, -0.15) is 5.10 Å². The van der Waals surface area contributed by atoms with Crippen LogP contribution in [-0.2, 0) is 11.3 Å². The van der Waals surface area contributed by atoms with E-state index in [-0.39, 0.29) is 11.8 Å². The minimum Gasteiger partial charge on any atom is -0.354 e. The Hall–Kier alpha value is -1.47. The van der Waals surface area contributed by atoms with E-state index >= 15 is 0 Å². The Kier molecular flexibility index (Phi) is 5.30. The summed E-state index contributed by atoms with van der Waals surface area (Å²) in [6.45, 7) is 7.23. The summed E-state index contributed by atoms with van der Waals surface area (Å²) < 4.78 is 2.54. The third kappa shape index (κ3) is 3.79. The Bertz CT molecular complexity index is 642. The fourth-order valence-electron chi connectivity index (χ4n) is 2.10. The third-order valence-corrected chi connectivity index (χ3v) is 4.67. The number of carbonyl (C=O) groups excluding carboxylic acids is 1. The topological polar surface area (TPSA) is 62.7 Å². The molecule has 2 rings (SSSR count). The lowest BCUT2D eigenvalue weighted by Crippen LogP contribution is -2.31. The molecule has 1 amide bonds. The molecule has 0 aliphatic carbocycles. The van der Waals surface area contributed by atoms with E-state index in [4.69, 9.17) is 12.2 Å². The summed E-state index contributed by atoms with van der Waals surface area (Å²) in [7, 11) is 0. The number of carbonyl (C=O) groups is 1. The molecule has 0 aliphatic rings. The quantitative estimate of drug-likeness (QED) is 0.803. The van der Waals surface area contributed by atoms with Crippen LogP contribution in [0.25, 0.3) is 0 Å². The van der Waals surface area contributed by atoms with Gasteiger partial charge in [0.25, 0.3) is 0 Å². The molecule has 2 N–H and O–H groups in total. The molecule has 5 nitrogen and oxygen atoms in total. The summed E-state index contributed by atoms with van der Waals surface area (Å²) in [6, 6.07) is 3.95. The third-order valence-electron chi connectivity index (χ3n) is 3.30. The number of aromatic amines is 1. The van der Waals surface area contributed by atoms with Crippen LogP contribution in [0.2, 0.25) is 0 Å². The van der Waals surface area contributed by atoms with Gasteiger partial charge in [0.2, 0.25) is 5.91 Å². The van der Waals surface area contributed by atoms with Crippen molar-refractivity contribution < 1.29 is 4.79 Å². The van der Waals surface area contributed by atoms with Gasteiger partial charge in [-0.3, -0.25) is 9.89 Å². The first-order valence-electron chi connectivity index (χ1n) is 6.97. The molecule has 0 radical (unpaired) electrons. The smallest absolute Gasteiger partial charge is 0.228 e. The lowest BCUT2D eigenvalue weighted by Gasteiger charge is -2.12. The van der Waals surface area contributed by atoms with Crippen LogP contribution in [0, 0.1) is 4.77 Å². The second-order valence-corrected chi connectivity index (χ2v) is 6.59. The van der Waals surface area contributed by atoms with E-state index in [0.29, 0.717) is 23.8 Å². The molecule has 1 unspecified atom stereocenters. The molecule has 2 aromatic heterocycles. The van der Waals surface area contributed by atoms with E-state index in [1.807, 2.05) is 29.0 Å². The SMILES string of the molecule is CC(C)c1n[nH]c(=S)n1CCNC(=O)C(C)c1cccs1. The van der Waals surface area contributed by atoms with Crippen molar-refractivity contribution in [3.63, 3.8) is 0 Å². The summed E-state index contributed by atoms with van der Waals surface area (Å²) in [5.74, 6) is 1.13. The molecule has 1 atom stereocenters. The first-order chi connectivity index (χ1) is 10.0. The second kappa shape index (κ2) is 7.00. The number of amides is 1. The van der Waals surface area contributed by atoms with Gasteiger partial charge in [0, 0.05) is 23.9 Å². The molecule has 7 heteroatoms. The summed E-state index contributed by atoms with van der Waals surface area (Å²) in [5, 5.41) is 12.0. The largest absolute Gasteiger partial charge is 0.354 e. The van der Waals surface area contributed by atoms with Crippen LogP contribution in [0.4, 0.5) is 0 Å². The van der Waals surface area contributed by atoms with Gasteiger partial charge in [-0.05, 0) is 30.6 Å². The molecule has 0 aliphatic heterocycles. The van der Waals surface area contributed by atoms with Gasteiger partial charge >= 0.3 is 0 Å². The summed E-state index contributed by atoms with van der Waals surface area (Å²) in [6.07, 6.45) is 0. The molecule has 114 valence electrons. The molecule has 2 aromatic rings. The summed E-state index contributed by atoms with van der Waals surface area (Å²) in [4.78, 5) is 13.2. The number of hydrogen-bond acceptors (Lipinski definition) is 4. The average Bonchev–Trinajstić information content (AvgIpc) is 3.08. The fourth-order valence-corrected chi connectivity index (χ4v) is 3.11. The highest BCUT2D eigenvalue weighted by Crippen LogP contribution is 2.20. The summed E-state index contributed by atoms with van der Waals surface area (Å²) in [5.41, 5.74) is 0. The second-order valence-electron chi connectivity index (χ2n) is 5.22. The lowest BCUT2D eigenvalue weighted by molar-refractivity contribution is -0.122. The lowest BCUT2D eigenvalue weighted by atomic mass is 10.1. The highest BCUT2D eigenvalue weighted by molar-refractivity contribution is 7.71. The zero-order valence-electron chi connectivity index (χ0n) is 12.4. The van der Waals surface area contributed by atoms with Crippen LogP contribution in [-0.4, -0.2) is 27.2 Å². The van der Waals surface area contributed by atoms with E-state index in [1.54, 1.807) is 11.3 Å². The molecular weight excluding hydrogens is 304 g/mol. The van der Waals surface area contributed by atoms with Crippen molar-refractivity contribution in [1.82, 2.24) is 20.1 Å². The van der Waals surface area contributed by atoms with Gasteiger partial charge in [-0.25, -0.2) is 0 Å². The maximum absolute atomic E-state index is 12.1. The van der Waals surface area contributed by atoms with Crippen LogP contribution in [0.5, 0.6) is 0 Å². The minimum absolute atomic E-state index is 0.0403. The molecule has 0 saturated heterocycles. The fraction of sp³-hybridized carbons (Fsp3) is 0.500. The Morgan fingerprint density at radius 3 is 2.90 bits per heavy atom. The van der Waals surface area contributed by atoms with Crippen molar-refractivity contribution in [3.8, 4) is 0 Å². The van der Waals surface area contributed by atoms with E-state index in [2.05, 4.69) is 29.4 Å². The molecule has 2 heterocycles. The first-order valence-corrected chi connectivity index (χ1v) is 8.25. The van der Waals surface area contributed by atoms with Gasteiger partial charge in [0.05, 0.1) is 5.92 Å². The van der Waals surface area contributed by atoms with Gasteiger partial charge in [-0.1, -0.05) is 19.9 Å². The zero-order valence-corrected chi connectivity index (χ0v) is 14.1. The molecular formula is C14H20N4OS2. The number of aromatic nitrogens is 3. The monoisotopic (exact) mass is 324 g/mol. The molecule has 0 fully saturated rings. The van der Waals surface area contributed by atoms with Gasteiger partial charge in [-0.15, -0.1) is 11.3 Å². The van der Waals surface area contributed by atoms with E-state index in [9.17, 15) is 4.79 Å². The highest BCUT2D eigenvalue weighted by atomic mass is 32.1. The number of nitrogens with zero attached hydrogens (tertiary/aromatic N) is 2. The Morgan fingerprint density at radius 1 is 1.52 bits per heavy atom. The van der Waals surface area contributed by atoms with Crippen LogP contribution in [0.15, 0.2) is 17.5 Å². The number of hydrogen-bond donors (Lipinski definition) is 2. The van der Waals surface area contributed by atoms with Crippen molar-refractivity contribution in [2.24, 2.45) is 0 Å². The number of rotatable bonds is 6. The predicted molar refractivity (Wildman–Crippen MR) is 87.2 cm³/mol. The van der Waals surface area contributed by atoms with Gasteiger partial charge in [0.1, 0.15) is 5.82 Å². The van der Waals surface area contributed by atoms with Crippen molar-refractivity contribution in [1.29, 1.82) is 0 Å². The van der Waals surface area contributed by atoms with Gasteiger partial charge in [0.15, 0.2) is 4.77 Å². The maximum atomic E-state index is 12.1. The normalized spacial score (nSPS) is 12.6. The molecule has 21 heavy (non-hydrogen) atoms. The van der Waals surface area contributed by atoms with Crippen LogP contribution in [0.1, 0.15) is 43.3 Å². The Morgan fingerprint density at radius 2 is 2.29 bits per heavy atom. The molecule has 0 aromatic carbocycles. The number of H-pyrrole nitrogens is 1.